The van der Waals surface area contributed by atoms with Crippen molar-refractivity contribution in [3.05, 3.63) is 108 Å². The molecule has 0 spiro atoms. The van der Waals surface area contributed by atoms with Crippen molar-refractivity contribution in [2.45, 2.75) is 97.1 Å². The summed E-state index contributed by atoms with van der Waals surface area (Å²) in [6.45, 7) is 14.3. The average molecular weight is 935 g/mol. The van der Waals surface area contributed by atoms with E-state index in [1.807, 2.05) is 66.1 Å². The number of alkyl carbamates (subject to hydrolysis) is 2. The van der Waals surface area contributed by atoms with Gasteiger partial charge in [-0.25, -0.2) is 19.6 Å². The summed E-state index contributed by atoms with van der Waals surface area (Å²) in [6.07, 6.45) is 0.0704. The minimum Gasteiger partial charge on any atom is -0.453 e. The van der Waals surface area contributed by atoms with Crippen LogP contribution in [0, 0.1) is 17.8 Å². The molecule has 15 heteroatoms. The Morgan fingerprint density at radius 1 is 0.739 bits per heavy atom. The second kappa shape index (κ2) is 18.8. The van der Waals surface area contributed by atoms with Gasteiger partial charge in [0.1, 0.15) is 29.3 Å². The lowest BCUT2D eigenvalue weighted by atomic mass is 9.98. The number of fused-ring (bicyclic) bond motifs is 6. The van der Waals surface area contributed by atoms with Crippen LogP contribution in [-0.2, 0) is 23.8 Å². The standard InChI is InChI=1S/C54H62N8O7/c1-29(2)44(59-52(65)68-9)51(64)62-31(4)30(3)23-43(62)49-56-41-22-18-37-26-35(16-20-39(37)47(41)58-49)34-15-19-38-36(25-34)17-21-40-46(38)57-48(55-40)42-24-32(28-67-8)27-61(42)50(63)45(33-13-11-10-12-14-33)60-53(66)69-54(5,6)7/h10-22,25-26,29-32,42-45H,23-24,27-28H2,1-9H3,(H,55,57)(H,56,58)(H,59,65)(H,60,66)/t30-,31-,32+,42+,43+,44+,45-/m1/s1. The van der Waals surface area contributed by atoms with E-state index in [4.69, 9.17) is 24.2 Å². The van der Waals surface area contributed by atoms with E-state index in [1.54, 1.807) is 27.9 Å². The van der Waals surface area contributed by atoms with Crippen molar-refractivity contribution in [1.29, 1.82) is 0 Å². The number of hydrogen-bond acceptors (Lipinski definition) is 9. The smallest absolute Gasteiger partial charge is 0.408 e. The van der Waals surface area contributed by atoms with Gasteiger partial charge in [0.2, 0.25) is 5.91 Å². The minimum absolute atomic E-state index is 0.0550. The van der Waals surface area contributed by atoms with E-state index in [1.165, 1.54) is 7.11 Å². The lowest BCUT2D eigenvalue weighted by molar-refractivity contribution is -0.137. The molecule has 360 valence electrons. The highest BCUT2D eigenvalue weighted by Crippen LogP contribution is 2.42. The van der Waals surface area contributed by atoms with Crippen molar-refractivity contribution < 1.29 is 33.4 Å². The second-order valence-corrected chi connectivity index (χ2v) is 20.2. The van der Waals surface area contributed by atoms with Crippen molar-refractivity contribution >= 4 is 67.6 Å². The molecular formula is C54H62N8O7. The van der Waals surface area contributed by atoms with Crippen LogP contribution in [0.2, 0.25) is 0 Å². The lowest BCUT2D eigenvalue weighted by Gasteiger charge is -2.33. The van der Waals surface area contributed by atoms with E-state index in [2.05, 4.69) is 83.0 Å². The van der Waals surface area contributed by atoms with Crippen LogP contribution in [0.1, 0.15) is 96.6 Å². The number of hydrogen-bond donors (Lipinski definition) is 4. The molecule has 0 bridgehead atoms. The molecule has 7 aromatic rings. The highest BCUT2D eigenvalue weighted by molar-refractivity contribution is 6.07. The lowest BCUT2D eigenvalue weighted by Crippen LogP contribution is -2.53. The van der Waals surface area contributed by atoms with Crippen LogP contribution in [-0.4, -0.2) is 98.8 Å². The molecule has 2 aliphatic rings. The van der Waals surface area contributed by atoms with Gasteiger partial charge in [-0.05, 0) is 104 Å². The quantitative estimate of drug-likeness (QED) is 0.0981. The summed E-state index contributed by atoms with van der Waals surface area (Å²) in [5, 5.41) is 9.65. The second-order valence-electron chi connectivity index (χ2n) is 20.2. The van der Waals surface area contributed by atoms with Gasteiger partial charge in [-0.2, -0.15) is 0 Å². The van der Waals surface area contributed by atoms with Crippen LogP contribution in [0.3, 0.4) is 0 Å². The Bertz CT molecular complexity index is 3070. The summed E-state index contributed by atoms with van der Waals surface area (Å²) in [6, 6.07) is 27.9. The van der Waals surface area contributed by atoms with Crippen molar-refractivity contribution in [1.82, 2.24) is 40.4 Å². The predicted octanol–water partition coefficient (Wildman–Crippen LogP) is 9.89. The van der Waals surface area contributed by atoms with Gasteiger partial charge in [-0.1, -0.05) is 87.5 Å². The Labute approximate surface area is 401 Å². The first kappa shape index (κ1) is 47.1. The summed E-state index contributed by atoms with van der Waals surface area (Å²) in [5.74, 6) is 1.14. The van der Waals surface area contributed by atoms with E-state index in [9.17, 15) is 19.2 Å². The molecular weight excluding hydrogens is 873 g/mol. The number of benzene rings is 5. The molecule has 2 aromatic heterocycles. The fourth-order valence-corrected chi connectivity index (χ4v) is 10.3. The molecule has 0 radical (unpaired) electrons. The molecule has 0 saturated carbocycles. The number of rotatable bonds is 11. The number of carbonyl (C=O) groups excluding carboxylic acids is 4. The number of ether oxygens (including phenoxy) is 3. The maximum absolute atomic E-state index is 14.7. The molecule has 7 atom stereocenters. The topological polar surface area (TPSA) is 184 Å². The van der Waals surface area contributed by atoms with Gasteiger partial charge in [0.25, 0.3) is 5.91 Å². The Kier molecular flexibility index (Phi) is 12.8. The van der Waals surface area contributed by atoms with Crippen LogP contribution in [0.4, 0.5) is 9.59 Å². The number of carbonyl (C=O) groups is 4. The van der Waals surface area contributed by atoms with E-state index >= 15 is 0 Å². The van der Waals surface area contributed by atoms with Crippen LogP contribution in [0.5, 0.6) is 0 Å². The first-order chi connectivity index (χ1) is 33.0. The molecule has 4 amide bonds. The molecule has 15 nitrogen and oxygen atoms in total. The molecule has 4 heterocycles. The van der Waals surface area contributed by atoms with Crippen LogP contribution >= 0.6 is 0 Å². The zero-order valence-electron chi connectivity index (χ0n) is 40.8. The number of likely N-dealkylation sites (tertiary alicyclic amines) is 2. The largest absolute Gasteiger partial charge is 0.453 e. The number of amides is 4. The molecule has 0 aliphatic carbocycles. The number of imidazole rings is 2. The Hall–Kier alpha value is -7.00. The average Bonchev–Trinajstić information content (AvgIpc) is 4.13. The van der Waals surface area contributed by atoms with Gasteiger partial charge in [0.15, 0.2) is 0 Å². The summed E-state index contributed by atoms with van der Waals surface area (Å²) >= 11 is 0. The SMILES string of the molecule is COC[C@H]1C[C@@H](c2nc3c(ccc4cc(-c5ccc6c(ccc7[nH]c([C@@H]8C[C@@H](C)[C@@H](C)N8C(=O)[C@@H](NC(=O)OC)C(C)C)nc76)c5)ccc43)[nH]2)N(C(=O)[C@H](NC(=O)OC(C)(C)C)c2ccccc2)C1. The number of methoxy groups -OCH3 is 2. The van der Waals surface area contributed by atoms with E-state index in [-0.39, 0.29) is 47.7 Å². The number of nitrogens with one attached hydrogen (secondary N) is 4. The Balaban J connectivity index is 0.994. The van der Waals surface area contributed by atoms with Crippen molar-refractivity contribution in [2.24, 2.45) is 17.8 Å². The summed E-state index contributed by atoms with van der Waals surface area (Å²) in [7, 11) is 2.96. The van der Waals surface area contributed by atoms with E-state index in [0.717, 1.165) is 67.0 Å². The van der Waals surface area contributed by atoms with Crippen molar-refractivity contribution in [3.63, 3.8) is 0 Å². The summed E-state index contributed by atoms with van der Waals surface area (Å²) in [5.41, 5.74) is 5.40. The van der Waals surface area contributed by atoms with E-state index in [0.29, 0.717) is 31.0 Å². The Morgan fingerprint density at radius 2 is 1.33 bits per heavy atom. The molecule has 0 unspecified atom stereocenters. The van der Waals surface area contributed by atoms with Crippen molar-refractivity contribution in [2.75, 3.05) is 27.4 Å². The van der Waals surface area contributed by atoms with Crippen LogP contribution in [0.15, 0.2) is 91.0 Å². The third-order valence-electron chi connectivity index (χ3n) is 13.9. The van der Waals surface area contributed by atoms with Gasteiger partial charge < -0.3 is 44.6 Å². The monoisotopic (exact) mass is 934 g/mol. The first-order valence-electron chi connectivity index (χ1n) is 23.9. The zero-order chi connectivity index (χ0) is 48.9. The Morgan fingerprint density at radius 3 is 1.88 bits per heavy atom. The maximum Gasteiger partial charge on any atom is 0.408 e. The van der Waals surface area contributed by atoms with Crippen LogP contribution in [0.25, 0.3) is 54.7 Å². The third kappa shape index (κ3) is 9.31. The van der Waals surface area contributed by atoms with E-state index < -0.39 is 29.9 Å². The first-order valence-corrected chi connectivity index (χ1v) is 23.9. The molecule has 69 heavy (non-hydrogen) atoms. The van der Waals surface area contributed by atoms with Crippen molar-refractivity contribution in [3.8, 4) is 11.1 Å². The van der Waals surface area contributed by atoms with Crippen LogP contribution < -0.4 is 10.6 Å². The zero-order valence-corrected chi connectivity index (χ0v) is 40.8. The van der Waals surface area contributed by atoms with Gasteiger partial charge >= 0.3 is 12.2 Å². The molecule has 2 aliphatic heterocycles. The molecule has 2 saturated heterocycles. The highest BCUT2D eigenvalue weighted by atomic mass is 16.6. The van der Waals surface area contributed by atoms with Gasteiger partial charge in [0.05, 0.1) is 47.9 Å². The number of H-pyrrole nitrogens is 2. The minimum atomic E-state index is -0.971. The number of aromatic nitrogens is 4. The number of nitrogens with zero attached hydrogens (tertiary/aromatic N) is 4. The number of aromatic amines is 2. The summed E-state index contributed by atoms with van der Waals surface area (Å²) in [4.78, 5) is 75.3. The molecule has 9 rings (SSSR count). The van der Waals surface area contributed by atoms with Gasteiger partial charge in [0, 0.05) is 36.4 Å². The summed E-state index contributed by atoms with van der Waals surface area (Å²) < 4.78 is 16.0. The predicted molar refractivity (Wildman–Crippen MR) is 266 cm³/mol. The fourth-order valence-electron chi connectivity index (χ4n) is 10.3. The fraction of sp³-hybridized carbons (Fsp3) is 0.407. The van der Waals surface area contributed by atoms with Gasteiger partial charge in [-0.3, -0.25) is 9.59 Å². The third-order valence-corrected chi connectivity index (χ3v) is 13.9. The molecule has 5 aromatic carbocycles. The maximum atomic E-state index is 14.7. The molecule has 4 N–H and O–H groups in total. The molecule has 2 fully saturated rings. The highest BCUT2D eigenvalue weighted by Gasteiger charge is 2.45. The van der Waals surface area contributed by atoms with Gasteiger partial charge in [-0.15, -0.1) is 0 Å². The normalized spacial score (nSPS) is 20.5.